The van der Waals surface area contributed by atoms with Crippen LogP contribution in [0.2, 0.25) is 0 Å². The van der Waals surface area contributed by atoms with Crippen LogP contribution in [0.15, 0.2) is 24.4 Å². The van der Waals surface area contributed by atoms with Gasteiger partial charge in [0.2, 0.25) is 0 Å². The van der Waals surface area contributed by atoms with Crippen molar-refractivity contribution in [3.8, 4) is 11.3 Å². The lowest BCUT2D eigenvalue weighted by Crippen LogP contribution is -2.36. The zero-order valence-electron chi connectivity index (χ0n) is 11.8. The maximum absolute atomic E-state index is 6.40. The Morgan fingerprint density at radius 3 is 2.63 bits per heavy atom. The minimum atomic E-state index is -0.321. The van der Waals surface area contributed by atoms with Crippen LogP contribution in [0.4, 0.5) is 0 Å². The Kier molecular flexibility index (Phi) is 2.75. The highest BCUT2D eigenvalue weighted by Gasteiger charge is 2.41. The molecule has 19 heavy (non-hydrogen) atoms. The summed E-state index contributed by atoms with van der Waals surface area (Å²) in [5.41, 5.74) is 10.9. The molecular formula is C16H21N3. The smallest absolute Gasteiger partial charge is 0.126 e. The van der Waals surface area contributed by atoms with Gasteiger partial charge >= 0.3 is 0 Å². The summed E-state index contributed by atoms with van der Waals surface area (Å²) >= 11 is 0. The molecule has 2 aromatic rings. The molecule has 0 amide bonds. The number of benzene rings is 1. The zero-order valence-corrected chi connectivity index (χ0v) is 11.8. The summed E-state index contributed by atoms with van der Waals surface area (Å²) in [4.78, 5) is 7.90. The topological polar surface area (TPSA) is 54.7 Å². The Morgan fingerprint density at radius 1 is 1.26 bits per heavy atom. The molecule has 0 aliphatic heterocycles. The molecule has 1 saturated carbocycles. The van der Waals surface area contributed by atoms with Gasteiger partial charge in [0.05, 0.1) is 17.4 Å². The van der Waals surface area contributed by atoms with Crippen molar-refractivity contribution in [2.75, 3.05) is 0 Å². The quantitative estimate of drug-likeness (QED) is 0.884. The molecule has 0 saturated heterocycles. The molecular weight excluding hydrogens is 234 g/mol. The van der Waals surface area contributed by atoms with Gasteiger partial charge in [-0.25, -0.2) is 4.98 Å². The van der Waals surface area contributed by atoms with Gasteiger partial charge in [-0.3, -0.25) is 0 Å². The summed E-state index contributed by atoms with van der Waals surface area (Å²) in [5.74, 6) is 1.48. The van der Waals surface area contributed by atoms with E-state index in [4.69, 9.17) is 5.73 Å². The van der Waals surface area contributed by atoms with Crippen LogP contribution >= 0.6 is 0 Å². The maximum atomic E-state index is 6.40. The summed E-state index contributed by atoms with van der Waals surface area (Å²) in [6, 6.07) is 6.47. The number of hydrogen-bond donors (Lipinski definition) is 2. The molecule has 1 heterocycles. The highest BCUT2D eigenvalue weighted by Crippen LogP contribution is 2.43. The van der Waals surface area contributed by atoms with Gasteiger partial charge in [-0.2, -0.15) is 0 Å². The van der Waals surface area contributed by atoms with E-state index in [-0.39, 0.29) is 5.54 Å². The average Bonchev–Trinajstić information content (AvgIpc) is 3.11. The van der Waals surface area contributed by atoms with E-state index in [0.717, 1.165) is 11.5 Å². The van der Waals surface area contributed by atoms with Gasteiger partial charge in [-0.1, -0.05) is 12.1 Å². The largest absolute Gasteiger partial charge is 0.340 e. The molecule has 3 heteroatoms. The average molecular weight is 255 g/mol. The van der Waals surface area contributed by atoms with E-state index in [1.807, 2.05) is 6.20 Å². The first-order valence-corrected chi connectivity index (χ1v) is 6.90. The van der Waals surface area contributed by atoms with Gasteiger partial charge in [0.15, 0.2) is 0 Å². The summed E-state index contributed by atoms with van der Waals surface area (Å²) in [5, 5.41) is 0. The van der Waals surface area contributed by atoms with Gasteiger partial charge in [-0.05, 0) is 62.3 Å². The van der Waals surface area contributed by atoms with Crippen molar-refractivity contribution in [2.45, 2.75) is 39.2 Å². The number of nitrogens with one attached hydrogen (secondary N) is 1. The van der Waals surface area contributed by atoms with Crippen LogP contribution in [0.3, 0.4) is 0 Å². The van der Waals surface area contributed by atoms with E-state index in [9.17, 15) is 0 Å². The van der Waals surface area contributed by atoms with Crippen molar-refractivity contribution in [3.63, 3.8) is 0 Å². The molecule has 0 bridgehead atoms. The Hall–Kier alpha value is -1.61. The van der Waals surface area contributed by atoms with Crippen molar-refractivity contribution in [1.29, 1.82) is 0 Å². The molecule has 1 aliphatic rings. The summed E-state index contributed by atoms with van der Waals surface area (Å²) < 4.78 is 0. The fourth-order valence-corrected chi connectivity index (χ4v) is 2.53. The SMILES string of the molecule is Cc1ccc(-c2cnc(C(C)(N)C3CC3)[nH]2)cc1C. The van der Waals surface area contributed by atoms with Crippen LogP contribution in [0.25, 0.3) is 11.3 Å². The molecule has 1 atom stereocenters. The lowest BCUT2D eigenvalue weighted by atomic mass is 9.96. The third-order valence-electron chi connectivity index (χ3n) is 4.33. The van der Waals surface area contributed by atoms with Crippen molar-refractivity contribution >= 4 is 0 Å². The number of imidazole rings is 1. The van der Waals surface area contributed by atoms with E-state index in [0.29, 0.717) is 5.92 Å². The highest BCUT2D eigenvalue weighted by molar-refractivity contribution is 5.60. The van der Waals surface area contributed by atoms with E-state index in [1.165, 1.54) is 29.5 Å². The van der Waals surface area contributed by atoms with Gasteiger partial charge < -0.3 is 10.7 Å². The zero-order chi connectivity index (χ0) is 13.6. The molecule has 1 aromatic carbocycles. The van der Waals surface area contributed by atoms with Crippen molar-refractivity contribution in [3.05, 3.63) is 41.3 Å². The van der Waals surface area contributed by atoms with E-state index >= 15 is 0 Å². The van der Waals surface area contributed by atoms with Crippen LogP contribution in [0.5, 0.6) is 0 Å². The van der Waals surface area contributed by atoms with E-state index in [2.05, 4.69) is 48.9 Å². The Morgan fingerprint density at radius 2 is 2.00 bits per heavy atom. The fourth-order valence-electron chi connectivity index (χ4n) is 2.53. The van der Waals surface area contributed by atoms with E-state index < -0.39 is 0 Å². The van der Waals surface area contributed by atoms with Gasteiger partial charge in [0.1, 0.15) is 5.82 Å². The summed E-state index contributed by atoms with van der Waals surface area (Å²) in [6.45, 7) is 6.34. The second kappa shape index (κ2) is 4.20. The first kappa shape index (κ1) is 12.4. The fraction of sp³-hybridized carbons (Fsp3) is 0.438. The Bertz CT molecular complexity index is 606. The number of aryl methyl sites for hydroxylation is 2. The second-order valence-corrected chi connectivity index (χ2v) is 6.00. The number of aromatic amines is 1. The van der Waals surface area contributed by atoms with Gasteiger partial charge in [0.25, 0.3) is 0 Å². The minimum absolute atomic E-state index is 0.321. The number of nitrogens with zero attached hydrogens (tertiary/aromatic N) is 1. The molecule has 100 valence electrons. The minimum Gasteiger partial charge on any atom is -0.340 e. The molecule has 1 unspecified atom stereocenters. The molecule has 1 fully saturated rings. The number of H-pyrrole nitrogens is 1. The third-order valence-corrected chi connectivity index (χ3v) is 4.33. The van der Waals surface area contributed by atoms with Gasteiger partial charge in [0, 0.05) is 0 Å². The van der Waals surface area contributed by atoms with Crippen LogP contribution in [0, 0.1) is 19.8 Å². The second-order valence-electron chi connectivity index (χ2n) is 6.00. The molecule has 3 rings (SSSR count). The summed E-state index contributed by atoms with van der Waals surface area (Å²) in [6.07, 6.45) is 4.33. The normalized spacial score (nSPS) is 18.3. The lowest BCUT2D eigenvalue weighted by Gasteiger charge is -2.21. The van der Waals surface area contributed by atoms with E-state index in [1.54, 1.807) is 0 Å². The van der Waals surface area contributed by atoms with Crippen LogP contribution < -0.4 is 5.73 Å². The van der Waals surface area contributed by atoms with Crippen LogP contribution in [-0.4, -0.2) is 9.97 Å². The van der Waals surface area contributed by atoms with Crippen LogP contribution in [0.1, 0.15) is 36.7 Å². The van der Waals surface area contributed by atoms with Crippen LogP contribution in [-0.2, 0) is 5.54 Å². The Labute approximate surface area is 114 Å². The monoisotopic (exact) mass is 255 g/mol. The number of aromatic nitrogens is 2. The van der Waals surface area contributed by atoms with Crippen molar-refractivity contribution < 1.29 is 0 Å². The lowest BCUT2D eigenvalue weighted by molar-refractivity contribution is 0.404. The third kappa shape index (κ3) is 2.19. The molecule has 0 spiro atoms. The molecule has 1 aliphatic carbocycles. The number of rotatable bonds is 3. The first-order chi connectivity index (χ1) is 8.98. The highest BCUT2D eigenvalue weighted by atomic mass is 15.0. The molecule has 0 radical (unpaired) electrons. The standard InChI is InChI=1S/C16H21N3/c1-10-4-5-12(8-11(10)2)14-9-18-15(19-14)16(3,17)13-6-7-13/h4-5,8-9,13H,6-7,17H2,1-3H3,(H,18,19). The van der Waals surface area contributed by atoms with Crippen molar-refractivity contribution in [2.24, 2.45) is 11.7 Å². The van der Waals surface area contributed by atoms with Crippen molar-refractivity contribution in [1.82, 2.24) is 9.97 Å². The summed E-state index contributed by atoms with van der Waals surface area (Å²) in [7, 11) is 0. The number of hydrogen-bond acceptors (Lipinski definition) is 2. The van der Waals surface area contributed by atoms with Gasteiger partial charge in [-0.15, -0.1) is 0 Å². The number of nitrogens with two attached hydrogens (primary N) is 1. The first-order valence-electron chi connectivity index (χ1n) is 6.90. The molecule has 3 N–H and O–H groups in total. The molecule has 1 aromatic heterocycles. The Balaban J connectivity index is 1.94. The predicted octanol–water partition coefficient (Wildman–Crippen LogP) is 3.28. The molecule has 3 nitrogen and oxygen atoms in total. The maximum Gasteiger partial charge on any atom is 0.126 e. The predicted molar refractivity (Wildman–Crippen MR) is 77.8 cm³/mol.